The van der Waals surface area contributed by atoms with E-state index in [2.05, 4.69) is 19.9 Å². The monoisotopic (exact) mass is 365 g/mol. The van der Waals surface area contributed by atoms with Crippen LogP contribution in [-0.4, -0.2) is 19.9 Å². The van der Waals surface area contributed by atoms with Crippen LogP contribution >= 0.6 is 0 Å². The van der Waals surface area contributed by atoms with Crippen LogP contribution in [0.1, 0.15) is 0 Å². The van der Waals surface area contributed by atoms with Crippen LogP contribution in [0.3, 0.4) is 0 Å². The average molecular weight is 366 g/mol. The fourth-order valence-corrected chi connectivity index (χ4v) is 1.76. The van der Waals surface area contributed by atoms with Crippen molar-refractivity contribution >= 4 is 22.1 Å². The molecule has 0 unspecified atom stereocenters. The van der Waals surface area contributed by atoms with Gasteiger partial charge < -0.3 is 34.8 Å². The molecule has 0 atom stereocenters. The average Bonchev–Trinajstić information content (AvgIpc) is 3.08. The van der Waals surface area contributed by atoms with Gasteiger partial charge in [-0.1, -0.05) is 24.3 Å². The predicted molar refractivity (Wildman–Crippen MR) is 72.2 cm³/mol. The van der Waals surface area contributed by atoms with Gasteiger partial charge in [-0.05, 0) is 24.3 Å². The molecular formula is C14H12Cl2CoN4. The van der Waals surface area contributed by atoms with Gasteiger partial charge in [0.25, 0.3) is 0 Å². The van der Waals surface area contributed by atoms with E-state index in [1.54, 1.807) is 12.7 Å². The number of halogens is 2. The fraction of sp³-hybridized carbons (Fsp3) is 0. The van der Waals surface area contributed by atoms with E-state index in [1.165, 1.54) is 0 Å². The van der Waals surface area contributed by atoms with Crippen LogP contribution < -0.4 is 24.8 Å². The molecule has 4 aromatic rings. The number of hydrogen-bond acceptors (Lipinski definition) is 2. The van der Waals surface area contributed by atoms with Gasteiger partial charge in [-0.15, -0.1) is 0 Å². The Balaban J connectivity index is 0.000000333. The smallest absolute Gasteiger partial charge is 1.00 e. The molecule has 2 N–H and O–H groups in total. The molecule has 0 spiro atoms. The molecule has 7 heteroatoms. The number of nitrogens with one attached hydrogen (secondary N) is 2. The topological polar surface area (TPSA) is 57.4 Å². The summed E-state index contributed by atoms with van der Waals surface area (Å²) in [7, 11) is 0. The molecule has 4 rings (SSSR count). The molecule has 0 aliphatic carbocycles. The number of para-hydroxylation sites is 4. The van der Waals surface area contributed by atoms with Crippen molar-refractivity contribution in [1.82, 2.24) is 19.9 Å². The van der Waals surface area contributed by atoms with E-state index in [9.17, 15) is 0 Å². The zero-order valence-electron chi connectivity index (χ0n) is 10.8. The predicted octanol–water partition coefficient (Wildman–Crippen LogP) is -2.87. The maximum Gasteiger partial charge on any atom is 2.00 e. The maximum atomic E-state index is 4.06. The summed E-state index contributed by atoms with van der Waals surface area (Å²) in [4.78, 5) is 14.1. The Labute approximate surface area is 144 Å². The molecule has 4 nitrogen and oxygen atoms in total. The number of nitrogens with zero attached hydrogens (tertiary/aromatic N) is 2. The second kappa shape index (κ2) is 9.41. The van der Waals surface area contributed by atoms with E-state index >= 15 is 0 Å². The van der Waals surface area contributed by atoms with E-state index in [-0.39, 0.29) is 41.6 Å². The van der Waals surface area contributed by atoms with E-state index in [0.717, 1.165) is 22.1 Å². The minimum atomic E-state index is 0. The van der Waals surface area contributed by atoms with Crippen LogP contribution in [0.5, 0.6) is 0 Å². The number of imidazole rings is 2. The van der Waals surface area contributed by atoms with Crippen molar-refractivity contribution in [2.45, 2.75) is 0 Å². The number of hydrogen-bond donors (Lipinski definition) is 2. The maximum absolute atomic E-state index is 4.06. The van der Waals surface area contributed by atoms with E-state index in [4.69, 9.17) is 0 Å². The van der Waals surface area contributed by atoms with Crippen LogP contribution in [0.2, 0.25) is 0 Å². The largest absolute Gasteiger partial charge is 2.00 e. The summed E-state index contributed by atoms with van der Waals surface area (Å²) >= 11 is 0. The normalized spacial score (nSPS) is 8.76. The Bertz CT molecular complexity index is 643. The molecule has 0 amide bonds. The van der Waals surface area contributed by atoms with Crippen LogP contribution in [0, 0.1) is 0 Å². The molecule has 2 aromatic heterocycles. The van der Waals surface area contributed by atoms with Gasteiger partial charge in [0.05, 0.1) is 34.7 Å². The molecule has 0 saturated heterocycles. The summed E-state index contributed by atoms with van der Waals surface area (Å²) in [6.45, 7) is 0. The Morgan fingerprint density at radius 1 is 0.619 bits per heavy atom. The molecule has 1 radical (unpaired) electrons. The van der Waals surface area contributed by atoms with Gasteiger partial charge in [-0.3, -0.25) is 0 Å². The van der Waals surface area contributed by atoms with Crippen LogP contribution in [0.4, 0.5) is 0 Å². The van der Waals surface area contributed by atoms with Gasteiger partial charge in [-0.2, -0.15) is 0 Å². The van der Waals surface area contributed by atoms with Crippen molar-refractivity contribution in [2.75, 3.05) is 0 Å². The summed E-state index contributed by atoms with van der Waals surface area (Å²) in [6, 6.07) is 15.9. The molecule has 111 valence electrons. The third-order valence-corrected chi connectivity index (χ3v) is 2.66. The second-order valence-corrected chi connectivity index (χ2v) is 3.84. The van der Waals surface area contributed by atoms with Crippen molar-refractivity contribution in [1.29, 1.82) is 0 Å². The molecule has 0 bridgehead atoms. The zero-order valence-corrected chi connectivity index (χ0v) is 13.3. The van der Waals surface area contributed by atoms with Gasteiger partial charge in [0, 0.05) is 0 Å². The molecule has 0 fully saturated rings. The molecular weight excluding hydrogens is 354 g/mol. The van der Waals surface area contributed by atoms with Crippen LogP contribution in [-0.2, 0) is 16.8 Å². The Morgan fingerprint density at radius 2 is 1.00 bits per heavy atom. The summed E-state index contributed by atoms with van der Waals surface area (Å²) in [6.07, 6.45) is 3.40. The van der Waals surface area contributed by atoms with Gasteiger partial charge in [0.2, 0.25) is 0 Å². The Hall–Kier alpha value is -1.53. The summed E-state index contributed by atoms with van der Waals surface area (Å²) in [5.74, 6) is 0. The van der Waals surface area contributed by atoms with Crippen molar-refractivity contribution in [3.05, 3.63) is 61.2 Å². The van der Waals surface area contributed by atoms with E-state index in [0.29, 0.717) is 0 Å². The number of rotatable bonds is 0. The van der Waals surface area contributed by atoms with Crippen LogP contribution in [0.15, 0.2) is 61.2 Å². The Morgan fingerprint density at radius 3 is 1.38 bits per heavy atom. The number of fused-ring (bicyclic) bond motifs is 2. The first-order chi connectivity index (χ1) is 8.93. The third-order valence-electron chi connectivity index (χ3n) is 2.66. The van der Waals surface area contributed by atoms with E-state index < -0.39 is 0 Å². The SMILES string of the molecule is [Cl-].[Cl-].[Co+2].c1ccc2[nH]cnc2c1.c1ccc2[nH]cnc2c1. The Kier molecular flexibility index (Phi) is 8.72. The second-order valence-electron chi connectivity index (χ2n) is 3.84. The molecule has 0 aliphatic rings. The van der Waals surface area contributed by atoms with Gasteiger partial charge >= 0.3 is 16.8 Å². The third kappa shape index (κ3) is 4.75. The minimum absolute atomic E-state index is 0. The van der Waals surface area contributed by atoms with Gasteiger partial charge in [0.15, 0.2) is 0 Å². The van der Waals surface area contributed by atoms with Crippen LogP contribution in [0.25, 0.3) is 22.1 Å². The van der Waals surface area contributed by atoms with Crippen molar-refractivity contribution in [3.63, 3.8) is 0 Å². The molecule has 2 aromatic carbocycles. The minimum Gasteiger partial charge on any atom is -1.00 e. The number of H-pyrrole nitrogens is 2. The zero-order chi connectivity index (χ0) is 12.2. The number of aromatic amines is 2. The standard InChI is InChI=1S/2C7H6N2.2ClH.Co/c2*1-2-4-7-6(3-1)8-5-9-7;;;/h2*1-5H,(H,8,9);2*1H;/q;;;;+2/p-2. The summed E-state index contributed by atoms with van der Waals surface area (Å²) in [5, 5.41) is 0. The first-order valence-corrected chi connectivity index (χ1v) is 5.70. The van der Waals surface area contributed by atoms with Gasteiger partial charge in [0.1, 0.15) is 0 Å². The van der Waals surface area contributed by atoms with Crippen molar-refractivity contribution < 1.29 is 41.6 Å². The molecule has 21 heavy (non-hydrogen) atoms. The van der Waals surface area contributed by atoms with Gasteiger partial charge in [-0.25, -0.2) is 9.97 Å². The quantitative estimate of drug-likeness (QED) is 0.352. The molecule has 2 heterocycles. The number of benzene rings is 2. The first kappa shape index (κ1) is 19.5. The fourth-order valence-electron chi connectivity index (χ4n) is 1.76. The van der Waals surface area contributed by atoms with E-state index in [1.807, 2.05) is 48.5 Å². The number of aromatic nitrogens is 4. The van der Waals surface area contributed by atoms with Crippen molar-refractivity contribution in [2.24, 2.45) is 0 Å². The molecule has 0 aliphatic heterocycles. The summed E-state index contributed by atoms with van der Waals surface area (Å²) < 4.78 is 0. The van der Waals surface area contributed by atoms with Crippen molar-refractivity contribution in [3.8, 4) is 0 Å². The summed E-state index contributed by atoms with van der Waals surface area (Å²) in [5.41, 5.74) is 4.24. The molecule has 0 saturated carbocycles. The first-order valence-electron chi connectivity index (χ1n) is 5.70.